The van der Waals surface area contributed by atoms with E-state index < -0.39 is 5.41 Å². The van der Waals surface area contributed by atoms with E-state index in [9.17, 15) is 9.59 Å². The summed E-state index contributed by atoms with van der Waals surface area (Å²) in [6.45, 7) is 3.95. The number of rotatable bonds is 3. The van der Waals surface area contributed by atoms with E-state index in [2.05, 4.69) is 12.2 Å². The van der Waals surface area contributed by atoms with Crippen LogP contribution in [-0.2, 0) is 9.59 Å². The van der Waals surface area contributed by atoms with Crippen molar-refractivity contribution in [3.8, 4) is 11.5 Å². The molecule has 2 aliphatic carbocycles. The van der Waals surface area contributed by atoms with Gasteiger partial charge in [0.15, 0.2) is 0 Å². The number of hydrogen-bond acceptors (Lipinski definition) is 3. The Balaban J connectivity index is 1.42. The molecule has 1 heterocycles. The number of amides is 2. The highest BCUT2D eigenvalue weighted by Gasteiger charge is 2.67. The maximum Gasteiger partial charge on any atom is 0.241 e. The van der Waals surface area contributed by atoms with Gasteiger partial charge >= 0.3 is 0 Å². The average Bonchev–Trinajstić information content (AvgIpc) is 3.30. The van der Waals surface area contributed by atoms with E-state index in [0.29, 0.717) is 11.4 Å². The third-order valence-corrected chi connectivity index (χ3v) is 6.53. The third-order valence-electron chi connectivity index (χ3n) is 6.53. The van der Waals surface area contributed by atoms with Crippen molar-refractivity contribution in [2.45, 2.75) is 20.3 Å². The van der Waals surface area contributed by atoms with Crippen molar-refractivity contribution in [3.63, 3.8) is 0 Å². The van der Waals surface area contributed by atoms with Crippen LogP contribution in [0.4, 0.5) is 5.69 Å². The number of anilines is 1. The van der Waals surface area contributed by atoms with E-state index in [4.69, 9.17) is 4.74 Å². The number of para-hydroxylation sites is 1. The Kier molecular flexibility index (Phi) is 3.36. The maximum absolute atomic E-state index is 13.2. The molecule has 4 atom stereocenters. The fourth-order valence-electron chi connectivity index (χ4n) is 5.01. The molecule has 2 fully saturated rings. The molecule has 0 unspecified atom stereocenters. The topological polar surface area (TPSA) is 46.6 Å². The minimum absolute atomic E-state index is 0.0630. The summed E-state index contributed by atoms with van der Waals surface area (Å²) in [6.07, 6.45) is 5.16. The quantitative estimate of drug-likeness (QED) is 0.599. The summed E-state index contributed by atoms with van der Waals surface area (Å²) < 4.78 is 5.92. The Bertz CT molecular complexity index is 977. The Morgan fingerprint density at radius 1 is 1.04 bits per heavy atom. The van der Waals surface area contributed by atoms with Crippen molar-refractivity contribution in [2.75, 3.05) is 4.90 Å². The zero-order valence-corrected chi connectivity index (χ0v) is 15.4. The molecule has 4 nitrogen and oxygen atoms in total. The van der Waals surface area contributed by atoms with Gasteiger partial charge in [-0.15, -0.1) is 0 Å². The van der Waals surface area contributed by atoms with Crippen molar-refractivity contribution in [2.24, 2.45) is 23.2 Å². The number of ether oxygens (including phenoxy) is 1. The largest absolute Gasteiger partial charge is 0.457 e. The second-order valence-corrected chi connectivity index (χ2v) is 7.99. The summed E-state index contributed by atoms with van der Waals surface area (Å²) in [5.41, 5.74) is 1.08. The number of allylic oxidation sites excluding steroid dienone is 2. The lowest BCUT2D eigenvalue weighted by atomic mass is 9.71. The Labute approximate surface area is 158 Å². The molecule has 3 aliphatic rings. The van der Waals surface area contributed by atoms with Crippen molar-refractivity contribution < 1.29 is 14.3 Å². The molecule has 2 aromatic carbocycles. The molecule has 1 aliphatic heterocycles. The van der Waals surface area contributed by atoms with Crippen molar-refractivity contribution in [1.29, 1.82) is 0 Å². The predicted octanol–water partition coefficient (Wildman–Crippen LogP) is 4.49. The van der Waals surface area contributed by atoms with Crippen LogP contribution in [0.15, 0.2) is 60.7 Å². The minimum Gasteiger partial charge on any atom is -0.457 e. The SMILES string of the molecule is Cc1ccccc1Oc1ccc(N2C(=O)[C@@H]3[C@H]4C=C[C@@H](C4)[C@@]3(C)C2=O)cc1. The molecule has 0 spiro atoms. The van der Waals surface area contributed by atoms with Gasteiger partial charge in [0, 0.05) is 0 Å². The molecular formula is C23H21NO3. The van der Waals surface area contributed by atoms with Crippen LogP contribution in [-0.4, -0.2) is 11.8 Å². The van der Waals surface area contributed by atoms with Gasteiger partial charge in [-0.2, -0.15) is 0 Å². The second kappa shape index (κ2) is 5.56. The highest BCUT2D eigenvalue weighted by atomic mass is 16.5. The molecule has 1 saturated heterocycles. The lowest BCUT2D eigenvalue weighted by molar-refractivity contribution is -0.127. The summed E-state index contributed by atoms with van der Waals surface area (Å²) in [5, 5.41) is 0. The molecule has 0 radical (unpaired) electrons. The molecule has 1 saturated carbocycles. The van der Waals surface area contributed by atoms with E-state index in [0.717, 1.165) is 17.7 Å². The summed E-state index contributed by atoms with van der Waals surface area (Å²) in [6, 6.07) is 15.0. The van der Waals surface area contributed by atoms with Gasteiger partial charge in [0.25, 0.3) is 0 Å². The number of nitrogens with zero attached hydrogens (tertiary/aromatic N) is 1. The molecule has 0 N–H and O–H groups in total. The fraction of sp³-hybridized carbons (Fsp3) is 0.304. The number of aryl methyl sites for hydroxylation is 1. The Hall–Kier alpha value is -2.88. The van der Waals surface area contributed by atoms with Crippen LogP contribution in [0.2, 0.25) is 0 Å². The van der Waals surface area contributed by atoms with E-state index in [1.807, 2.05) is 50.2 Å². The standard InChI is InChI=1S/C23H21NO3/c1-14-5-3-4-6-19(14)27-18-11-9-17(10-12-18)24-21(25)20-15-7-8-16(13-15)23(20,2)22(24)26/h3-12,15-16,20H,13H2,1-2H3/t15-,16-,20-,23+/m0/s1. The predicted molar refractivity (Wildman–Crippen MR) is 103 cm³/mol. The normalized spacial score (nSPS) is 30.9. The van der Waals surface area contributed by atoms with Gasteiger partial charge in [-0.3, -0.25) is 9.59 Å². The van der Waals surface area contributed by atoms with Gasteiger partial charge < -0.3 is 4.74 Å². The molecule has 4 heteroatoms. The Morgan fingerprint density at radius 3 is 2.48 bits per heavy atom. The summed E-state index contributed by atoms with van der Waals surface area (Å²) in [5.74, 6) is 1.50. The smallest absolute Gasteiger partial charge is 0.241 e. The van der Waals surface area contributed by atoms with E-state index in [-0.39, 0.29) is 29.6 Å². The molecule has 2 amide bonds. The van der Waals surface area contributed by atoms with Crippen LogP contribution in [0.5, 0.6) is 11.5 Å². The van der Waals surface area contributed by atoms with Crippen LogP contribution < -0.4 is 9.64 Å². The van der Waals surface area contributed by atoms with Gasteiger partial charge in [-0.25, -0.2) is 4.90 Å². The summed E-state index contributed by atoms with van der Waals surface area (Å²) >= 11 is 0. The first-order valence-corrected chi connectivity index (χ1v) is 9.40. The van der Waals surface area contributed by atoms with Gasteiger partial charge in [-0.05, 0) is 68.0 Å². The highest BCUT2D eigenvalue weighted by molar-refractivity contribution is 6.24. The Morgan fingerprint density at radius 2 is 1.78 bits per heavy atom. The zero-order chi connectivity index (χ0) is 18.8. The van der Waals surface area contributed by atoms with Crippen LogP contribution in [0, 0.1) is 30.1 Å². The van der Waals surface area contributed by atoms with Crippen LogP contribution in [0.3, 0.4) is 0 Å². The fourth-order valence-corrected chi connectivity index (χ4v) is 5.01. The lowest BCUT2D eigenvalue weighted by Crippen LogP contribution is -2.37. The highest BCUT2D eigenvalue weighted by Crippen LogP contribution is 2.60. The number of carbonyl (C=O) groups excluding carboxylic acids is 2. The van der Waals surface area contributed by atoms with E-state index in [1.54, 1.807) is 12.1 Å². The molecule has 136 valence electrons. The van der Waals surface area contributed by atoms with Gasteiger partial charge in [0.05, 0.1) is 17.0 Å². The molecule has 27 heavy (non-hydrogen) atoms. The van der Waals surface area contributed by atoms with Gasteiger partial charge in [-0.1, -0.05) is 30.4 Å². The first-order valence-electron chi connectivity index (χ1n) is 9.40. The van der Waals surface area contributed by atoms with Crippen molar-refractivity contribution in [3.05, 3.63) is 66.2 Å². The second-order valence-electron chi connectivity index (χ2n) is 7.99. The average molecular weight is 359 g/mol. The maximum atomic E-state index is 13.2. The van der Waals surface area contributed by atoms with Crippen LogP contribution >= 0.6 is 0 Å². The van der Waals surface area contributed by atoms with Crippen LogP contribution in [0.25, 0.3) is 0 Å². The number of hydrogen-bond donors (Lipinski definition) is 0. The zero-order valence-electron chi connectivity index (χ0n) is 15.4. The molecule has 2 aromatic rings. The minimum atomic E-state index is -0.590. The molecule has 2 bridgehead atoms. The first kappa shape index (κ1) is 16.3. The van der Waals surface area contributed by atoms with Gasteiger partial charge in [0.2, 0.25) is 11.8 Å². The summed E-state index contributed by atoms with van der Waals surface area (Å²) in [4.78, 5) is 27.6. The van der Waals surface area contributed by atoms with Crippen molar-refractivity contribution >= 4 is 17.5 Å². The molecule has 0 aromatic heterocycles. The van der Waals surface area contributed by atoms with E-state index >= 15 is 0 Å². The van der Waals surface area contributed by atoms with Crippen molar-refractivity contribution in [1.82, 2.24) is 0 Å². The van der Waals surface area contributed by atoms with Crippen LogP contribution in [0.1, 0.15) is 18.9 Å². The molecule has 5 rings (SSSR count). The number of benzene rings is 2. The number of imide groups is 1. The third kappa shape index (κ3) is 2.16. The lowest BCUT2D eigenvalue weighted by Gasteiger charge is -2.28. The number of carbonyl (C=O) groups is 2. The molecular weight excluding hydrogens is 338 g/mol. The first-order chi connectivity index (χ1) is 13.0. The number of fused-ring (bicyclic) bond motifs is 5. The summed E-state index contributed by atoms with van der Waals surface area (Å²) in [7, 11) is 0. The monoisotopic (exact) mass is 359 g/mol. The van der Waals surface area contributed by atoms with E-state index in [1.165, 1.54) is 4.90 Å². The van der Waals surface area contributed by atoms with Gasteiger partial charge in [0.1, 0.15) is 11.5 Å².